The van der Waals surface area contributed by atoms with E-state index in [0.717, 1.165) is 25.9 Å². The zero-order valence-corrected chi connectivity index (χ0v) is 9.33. The van der Waals surface area contributed by atoms with Crippen molar-refractivity contribution < 1.29 is 4.74 Å². The van der Waals surface area contributed by atoms with Crippen LogP contribution in [0.15, 0.2) is 0 Å². The Bertz CT molecular complexity index is 197. The number of hydrogen-bond acceptors (Lipinski definition) is 2. The van der Waals surface area contributed by atoms with Gasteiger partial charge in [0.15, 0.2) is 0 Å². The van der Waals surface area contributed by atoms with E-state index in [2.05, 4.69) is 17.7 Å². The van der Waals surface area contributed by atoms with Gasteiger partial charge in [0.05, 0.1) is 6.10 Å². The Morgan fingerprint density at radius 3 is 3.00 bits per heavy atom. The van der Waals surface area contributed by atoms with E-state index in [-0.39, 0.29) is 0 Å². The average Bonchev–Trinajstić information content (AvgIpc) is 2.21. The Labute approximate surface area is 87.6 Å². The molecule has 0 spiro atoms. The molecule has 0 saturated carbocycles. The zero-order valence-electron chi connectivity index (χ0n) is 9.33. The maximum absolute atomic E-state index is 5.46. The lowest BCUT2D eigenvalue weighted by atomic mass is 9.96. The molecule has 2 heteroatoms. The van der Waals surface area contributed by atoms with Crippen LogP contribution in [0.1, 0.15) is 26.2 Å². The van der Waals surface area contributed by atoms with Crippen LogP contribution in [-0.4, -0.2) is 37.7 Å². The van der Waals surface area contributed by atoms with E-state index in [1.807, 2.05) is 7.11 Å². The number of hydrogen-bond donors (Lipinski definition) is 0. The minimum absolute atomic E-state index is 0.412. The molecule has 0 aromatic heterocycles. The summed E-state index contributed by atoms with van der Waals surface area (Å²) in [6.07, 6.45) is 8.89. The predicted molar refractivity (Wildman–Crippen MR) is 59.1 cm³/mol. The van der Waals surface area contributed by atoms with Crippen molar-refractivity contribution in [3.63, 3.8) is 0 Å². The molecule has 1 heterocycles. The molecule has 1 saturated heterocycles. The molecule has 1 aliphatic rings. The van der Waals surface area contributed by atoms with Gasteiger partial charge < -0.3 is 9.64 Å². The van der Waals surface area contributed by atoms with E-state index in [0.29, 0.717) is 12.0 Å². The Morgan fingerprint density at radius 2 is 2.36 bits per heavy atom. The fraction of sp³-hybridized carbons (Fsp3) is 0.833. The van der Waals surface area contributed by atoms with Gasteiger partial charge in [-0.15, -0.1) is 12.3 Å². The molecule has 0 aromatic carbocycles. The number of methoxy groups -OCH3 is 1. The third-order valence-corrected chi connectivity index (χ3v) is 3.07. The van der Waals surface area contributed by atoms with E-state index in [9.17, 15) is 0 Å². The van der Waals surface area contributed by atoms with Gasteiger partial charge in [0.2, 0.25) is 0 Å². The molecule has 2 nitrogen and oxygen atoms in total. The van der Waals surface area contributed by atoms with Crippen molar-refractivity contribution in [2.45, 2.75) is 32.3 Å². The van der Waals surface area contributed by atoms with Crippen LogP contribution >= 0.6 is 0 Å². The number of rotatable bonds is 4. The van der Waals surface area contributed by atoms with E-state index < -0.39 is 0 Å². The molecule has 1 fully saturated rings. The van der Waals surface area contributed by atoms with Gasteiger partial charge in [-0.1, -0.05) is 6.92 Å². The third-order valence-electron chi connectivity index (χ3n) is 3.07. The maximum Gasteiger partial charge on any atom is 0.0724 e. The van der Waals surface area contributed by atoms with Gasteiger partial charge in [-0.3, -0.25) is 0 Å². The normalized spacial score (nSPS) is 28.6. The summed E-state index contributed by atoms with van der Waals surface area (Å²) in [5, 5.41) is 0. The quantitative estimate of drug-likeness (QED) is 0.500. The Hall–Kier alpha value is -0.520. The van der Waals surface area contributed by atoms with Crippen LogP contribution in [0.3, 0.4) is 0 Å². The first-order valence-corrected chi connectivity index (χ1v) is 5.46. The summed E-state index contributed by atoms with van der Waals surface area (Å²) in [7, 11) is 1.81. The number of piperidine rings is 1. The summed E-state index contributed by atoms with van der Waals surface area (Å²) in [6.45, 7) is 5.66. The molecule has 80 valence electrons. The molecule has 0 N–H and O–H groups in total. The van der Waals surface area contributed by atoms with Crippen LogP contribution in [0.5, 0.6) is 0 Å². The highest BCUT2D eigenvalue weighted by Crippen LogP contribution is 2.19. The molecule has 2 unspecified atom stereocenters. The van der Waals surface area contributed by atoms with Crippen LogP contribution in [-0.2, 0) is 4.74 Å². The van der Waals surface area contributed by atoms with Gasteiger partial charge in [-0.2, -0.15) is 0 Å². The second kappa shape index (κ2) is 6.06. The Morgan fingerprint density at radius 1 is 1.57 bits per heavy atom. The van der Waals surface area contributed by atoms with Crippen molar-refractivity contribution in [3.05, 3.63) is 0 Å². The number of terminal acetylenes is 1. The topological polar surface area (TPSA) is 12.5 Å². The minimum atomic E-state index is 0.412. The highest BCUT2D eigenvalue weighted by molar-refractivity contribution is 4.84. The van der Waals surface area contributed by atoms with Gasteiger partial charge >= 0.3 is 0 Å². The average molecular weight is 195 g/mol. The van der Waals surface area contributed by atoms with Gasteiger partial charge in [0, 0.05) is 20.1 Å². The zero-order chi connectivity index (χ0) is 10.4. The Kier molecular flexibility index (Phi) is 5.00. The monoisotopic (exact) mass is 195 g/mol. The predicted octanol–water partition coefficient (Wildman–Crippen LogP) is 1.76. The molecule has 0 aliphatic carbocycles. The number of nitrogens with zero attached hydrogens (tertiary/aromatic N) is 1. The van der Waals surface area contributed by atoms with E-state index >= 15 is 0 Å². The van der Waals surface area contributed by atoms with Crippen LogP contribution in [0.2, 0.25) is 0 Å². The smallest absolute Gasteiger partial charge is 0.0724 e. The highest BCUT2D eigenvalue weighted by Gasteiger charge is 2.25. The summed E-state index contributed by atoms with van der Waals surface area (Å²) in [4.78, 5) is 2.46. The van der Waals surface area contributed by atoms with Crippen molar-refractivity contribution in [3.8, 4) is 12.3 Å². The maximum atomic E-state index is 5.46. The van der Waals surface area contributed by atoms with Crippen molar-refractivity contribution >= 4 is 0 Å². The highest BCUT2D eigenvalue weighted by atomic mass is 16.5. The van der Waals surface area contributed by atoms with Gasteiger partial charge in [-0.05, 0) is 31.8 Å². The number of likely N-dealkylation sites (tertiary alicyclic amines) is 1. The van der Waals surface area contributed by atoms with Crippen molar-refractivity contribution in [2.75, 3.05) is 26.7 Å². The van der Waals surface area contributed by atoms with Crippen molar-refractivity contribution in [1.29, 1.82) is 0 Å². The molecule has 1 rings (SSSR count). The van der Waals surface area contributed by atoms with E-state index in [4.69, 9.17) is 11.2 Å². The first-order chi connectivity index (χ1) is 6.77. The molecular weight excluding hydrogens is 174 g/mol. The fourth-order valence-corrected chi connectivity index (χ4v) is 2.01. The van der Waals surface area contributed by atoms with Crippen molar-refractivity contribution in [1.82, 2.24) is 4.90 Å². The lowest BCUT2D eigenvalue weighted by Crippen LogP contribution is -2.44. The summed E-state index contributed by atoms with van der Waals surface area (Å²) in [5.41, 5.74) is 0. The van der Waals surface area contributed by atoms with E-state index in [1.165, 1.54) is 13.0 Å². The largest absolute Gasteiger partial charge is 0.380 e. The molecule has 0 radical (unpaired) electrons. The molecular formula is C12H21NO. The molecule has 0 amide bonds. The summed E-state index contributed by atoms with van der Waals surface area (Å²) in [5.74, 6) is 3.38. The summed E-state index contributed by atoms with van der Waals surface area (Å²) >= 11 is 0. The molecule has 0 bridgehead atoms. The van der Waals surface area contributed by atoms with Gasteiger partial charge in [0.1, 0.15) is 0 Å². The van der Waals surface area contributed by atoms with Crippen LogP contribution in [0.25, 0.3) is 0 Å². The van der Waals surface area contributed by atoms with E-state index in [1.54, 1.807) is 0 Å². The minimum Gasteiger partial charge on any atom is -0.380 e. The van der Waals surface area contributed by atoms with Crippen LogP contribution in [0.4, 0.5) is 0 Å². The lowest BCUT2D eigenvalue weighted by molar-refractivity contribution is -0.00498. The SMILES string of the molecule is C#CCCCN1CCC(C)C(OC)C1. The molecule has 0 aromatic rings. The lowest BCUT2D eigenvalue weighted by Gasteiger charge is -2.36. The molecule has 14 heavy (non-hydrogen) atoms. The standard InChI is InChI=1S/C12H21NO/c1-4-5-6-8-13-9-7-11(2)12(10-13)14-3/h1,11-12H,5-10H2,2-3H3. The third kappa shape index (κ3) is 3.32. The van der Waals surface area contributed by atoms with Crippen LogP contribution < -0.4 is 0 Å². The number of ether oxygens (including phenoxy) is 1. The first kappa shape index (κ1) is 11.6. The second-order valence-electron chi connectivity index (χ2n) is 4.15. The number of unbranched alkanes of at least 4 members (excludes halogenated alkanes) is 1. The molecule has 1 aliphatic heterocycles. The fourth-order valence-electron chi connectivity index (χ4n) is 2.01. The summed E-state index contributed by atoms with van der Waals surface area (Å²) < 4.78 is 5.46. The first-order valence-electron chi connectivity index (χ1n) is 5.46. The van der Waals surface area contributed by atoms with Crippen LogP contribution in [0, 0.1) is 18.3 Å². The Balaban J connectivity index is 2.25. The van der Waals surface area contributed by atoms with Gasteiger partial charge in [0.25, 0.3) is 0 Å². The van der Waals surface area contributed by atoms with Crippen molar-refractivity contribution in [2.24, 2.45) is 5.92 Å². The van der Waals surface area contributed by atoms with Gasteiger partial charge in [-0.25, -0.2) is 0 Å². The second-order valence-corrected chi connectivity index (χ2v) is 4.15. The molecule has 2 atom stereocenters. The summed E-state index contributed by atoms with van der Waals surface area (Å²) in [6, 6.07) is 0.